The van der Waals surface area contributed by atoms with Crippen molar-refractivity contribution in [3.63, 3.8) is 0 Å². The minimum Gasteiger partial charge on any atom is -0.351 e. The van der Waals surface area contributed by atoms with Gasteiger partial charge in [-0.2, -0.15) is 0 Å². The summed E-state index contributed by atoms with van der Waals surface area (Å²) in [5, 5.41) is 3.11. The summed E-state index contributed by atoms with van der Waals surface area (Å²) < 4.78 is 23.2. The summed E-state index contributed by atoms with van der Waals surface area (Å²) in [6.45, 7) is 2.00. The lowest BCUT2D eigenvalue weighted by Crippen LogP contribution is -2.35. The zero-order valence-electron chi connectivity index (χ0n) is 10.4. The molecule has 0 saturated heterocycles. The molecule has 18 heavy (non-hydrogen) atoms. The van der Waals surface area contributed by atoms with Crippen LogP contribution in [0.2, 0.25) is 0 Å². The molecule has 0 spiro atoms. The van der Waals surface area contributed by atoms with Crippen molar-refractivity contribution < 1.29 is 8.42 Å². The number of hydrogen-bond donors (Lipinski definition) is 1. The van der Waals surface area contributed by atoms with Gasteiger partial charge in [-0.1, -0.05) is 0 Å². The predicted octanol–water partition coefficient (Wildman–Crippen LogP) is -0.124. The smallest absolute Gasteiger partial charge is 0.194 e. The number of aromatic nitrogens is 1. The maximum absolute atomic E-state index is 11.6. The first-order valence-electron chi connectivity index (χ1n) is 5.62. The SMILES string of the molecule is CN1CCN=C1NCc1ncccc1S(C)(=O)=O. The van der Waals surface area contributed by atoms with Crippen LogP contribution in [0.1, 0.15) is 5.69 Å². The molecule has 0 atom stereocenters. The van der Waals surface area contributed by atoms with Crippen LogP contribution < -0.4 is 5.32 Å². The molecule has 1 aliphatic rings. The molecule has 0 unspecified atom stereocenters. The average Bonchev–Trinajstić information content (AvgIpc) is 2.71. The van der Waals surface area contributed by atoms with Crippen LogP contribution in [0.4, 0.5) is 0 Å². The number of likely N-dealkylation sites (N-methyl/N-ethyl adjacent to an activating group) is 1. The Balaban J connectivity index is 2.15. The normalized spacial score (nSPS) is 15.7. The van der Waals surface area contributed by atoms with Crippen molar-refractivity contribution in [1.29, 1.82) is 0 Å². The summed E-state index contributed by atoms with van der Waals surface area (Å²) >= 11 is 0. The van der Waals surface area contributed by atoms with E-state index < -0.39 is 9.84 Å². The van der Waals surface area contributed by atoms with E-state index in [-0.39, 0.29) is 4.90 Å². The van der Waals surface area contributed by atoms with Gasteiger partial charge in [0, 0.05) is 26.0 Å². The fourth-order valence-corrected chi connectivity index (χ4v) is 2.66. The number of guanidine groups is 1. The highest BCUT2D eigenvalue weighted by molar-refractivity contribution is 7.90. The van der Waals surface area contributed by atoms with Gasteiger partial charge in [-0.15, -0.1) is 0 Å². The Morgan fingerprint density at radius 2 is 2.28 bits per heavy atom. The van der Waals surface area contributed by atoms with Gasteiger partial charge in [-0.3, -0.25) is 9.98 Å². The fraction of sp³-hybridized carbons (Fsp3) is 0.455. The molecular weight excluding hydrogens is 252 g/mol. The fourth-order valence-electron chi connectivity index (χ4n) is 1.78. The minimum atomic E-state index is -3.25. The predicted molar refractivity (Wildman–Crippen MR) is 69.1 cm³/mol. The van der Waals surface area contributed by atoms with Crippen molar-refractivity contribution in [3.8, 4) is 0 Å². The van der Waals surface area contributed by atoms with Gasteiger partial charge in [0.2, 0.25) is 0 Å². The molecular formula is C11H16N4O2S. The maximum atomic E-state index is 11.6. The lowest BCUT2D eigenvalue weighted by molar-refractivity contribution is 0.532. The minimum absolute atomic E-state index is 0.263. The second-order valence-electron chi connectivity index (χ2n) is 4.20. The molecule has 1 aliphatic heterocycles. The Hall–Kier alpha value is -1.63. The van der Waals surface area contributed by atoms with E-state index >= 15 is 0 Å². The Kier molecular flexibility index (Phi) is 3.51. The van der Waals surface area contributed by atoms with Crippen molar-refractivity contribution in [2.24, 2.45) is 4.99 Å². The van der Waals surface area contributed by atoms with Gasteiger partial charge >= 0.3 is 0 Å². The number of nitrogens with zero attached hydrogens (tertiary/aromatic N) is 3. The van der Waals surface area contributed by atoms with E-state index in [0.717, 1.165) is 19.0 Å². The summed E-state index contributed by atoms with van der Waals surface area (Å²) in [7, 11) is -1.31. The lowest BCUT2D eigenvalue weighted by atomic mass is 10.3. The van der Waals surface area contributed by atoms with Crippen LogP contribution in [-0.4, -0.2) is 50.7 Å². The van der Waals surface area contributed by atoms with E-state index in [1.807, 2.05) is 11.9 Å². The highest BCUT2D eigenvalue weighted by Gasteiger charge is 2.16. The first-order chi connectivity index (χ1) is 8.48. The summed E-state index contributed by atoms with van der Waals surface area (Å²) in [6, 6.07) is 3.19. The van der Waals surface area contributed by atoms with Crippen molar-refractivity contribution >= 4 is 15.8 Å². The van der Waals surface area contributed by atoms with E-state index in [2.05, 4.69) is 15.3 Å². The van der Waals surface area contributed by atoms with Crippen molar-refractivity contribution in [3.05, 3.63) is 24.0 Å². The topological polar surface area (TPSA) is 74.7 Å². The summed E-state index contributed by atoms with van der Waals surface area (Å²) in [6.07, 6.45) is 2.78. The molecule has 7 heteroatoms. The van der Waals surface area contributed by atoms with Gasteiger partial charge in [0.1, 0.15) is 0 Å². The Morgan fingerprint density at radius 1 is 1.50 bits per heavy atom. The van der Waals surface area contributed by atoms with Crippen LogP contribution in [-0.2, 0) is 16.4 Å². The van der Waals surface area contributed by atoms with Gasteiger partial charge in [0.25, 0.3) is 0 Å². The number of sulfone groups is 1. The monoisotopic (exact) mass is 268 g/mol. The second kappa shape index (κ2) is 4.93. The molecule has 6 nitrogen and oxygen atoms in total. The Morgan fingerprint density at radius 3 is 2.89 bits per heavy atom. The van der Waals surface area contributed by atoms with Crippen LogP contribution in [0.5, 0.6) is 0 Å². The number of hydrogen-bond acceptors (Lipinski definition) is 6. The summed E-state index contributed by atoms with van der Waals surface area (Å²) in [5.74, 6) is 0.778. The van der Waals surface area contributed by atoms with Crippen LogP contribution in [0.3, 0.4) is 0 Å². The third kappa shape index (κ3) is 2.79. The third-order valence-electron chi connectivity index (χ3n) is 2.72. The number of pyridine rings is 1. The molecule has 0 bridgehead atoms. The van der Waals surface area contributed by atoms with Crippen LogP contribution >= 0.6 is 0 Å². The van der Waals surface area contributed by atoms with E-state index in [9.17, 15) is 8.42 Å². The van der Waals surface area contributed by atoms with Crippen LogP contribution in [0, 0.1) is 0 Å². The zero-order valence-corrected chi connectivity index (χ0v) is 11.2. The zero-order chi connectivity index (χ0) is 13.2. The van der Waals surface area contributed by atoms with Crippen LogP contribution in [0.15, 0.2) is 28.2 Å². The van der Waals surface area contributed by atoms with Gasteiger partial charge in [-0.25, -0.2) is 8.42 Å². The molecule has 2 heterocycles. The number of aliphatic imine (C=N–C) groups is 1. The summed E-state index contributed by atoms with van der Waals surface area (Å²) in [4.78, 5) is 10.6. The first kappa shape index (κ1) is 12.8. The molecule has 1 N–H and O–H groups in total. The standard InChI is InChI=1S/C11H16N4O2S/c1-15-7-6-13-11(15)14-8-9-10(18(2,16)17)4-3-5-12-9/h3-5H,6-8H2,1-2H3,(H,13,14). The average molecular weight is 268 g/mol. The lowest BCUT2D eigenvalue weighted by Gasteiger charge is -2.15. The van der Waals surface area contributed by atoms with E-state index in [0.29, 0.717) is 12.2 Å². The molecule has 0 radical (unpaired) electrons. The van der Waals surface area contributed by atoms with Crippen molar-refractivity contribution in [1.82, 2.24) is 15.2 Å². The van der Waals surface area contributed by atoms with Crippen molar-refractivity contribution in [2.45, 2.75) is 11.4 Å². The quantitative estimate of drug-likeness (QED) is 0.827. The third-order valence-corrected chi connectivity index (χ3v) is 3.89. The molecule has 1 aromatic rings. The van der Waals surface area contributed by atoms with Gasteiger partial charge in [0.15, 0.2) is 15.8 Å². The van der Waals surface area contributed by atoms with E-state index in [1.54, 1.807) is 18.3 Å². The molecule has 0 fully saturated rings. The Labute approximate surface area is 107 Å². The number of nitrogens with one attached hydrogen (secondary N) is 1. The van der Waals surface area contributed by atoms with Crippen LogP contribution in [0.25, 0.3) is 0 Å². The highest BCUT2D eigenvalue weighted by atomic mass is 32.2. The first-order valence-corrected chi connectivity index (χ1v) is 7.51. The Bertz CT molecular complexity index is 568. The molecule has 0 saturated carbocycles. The molecule has 1 aromatic heterocycles. The number of rotatable bonds is 3. The summed E-state index contributed by atoms with van der Waals surface area (Å²) in [5.41, 5.74) is 0.517. The molecule has 98 valence electrons. The molecule has 0 aromatic carbocycles. The molecule has 2 rings (SSSR count). The van der Waals surface area contributed by atoms with Gasteiger partial charge < -0.3 is 10.2 Å². The molecule has 0 amide bonds. The largest absolute Gasteiger partial charge is 0.351 e. The van der Waals surface area contributed by atoms with Gasteiger partial charge in [-0.05, 0) is 12.1 Å². The highest BCUT2D eigenvalue weighted by Crippen LogP contribution is 2.12. The van der Waals surface area contributed by atoms with E-state index in [4.69, 9.17) is 0 Å². The van der Waals surface area contributed by atoms with Crippen molar-refractivity contribution in [2.75, 3.05) is 26.4 Å². The second-order valence-corrected chi connectivity index (χ2v) is 6.18. The molecule has 0 aliphatic carbocycles. The maximum Gasteiger partial charge on any atom is 0.194 e. The van der Waals surface area contributed by atoms with E-state index in [1.165, 1.54) is 6.26 Å². The van der Waals surface area contributed by atoms with Gasteiger partial charge in [0.05, 0.1) is 23.7 Å².